The summed E-state index contributed by atoms with van der Waals surface area (Å²) in [5.74, 6) is 0.727. The van der Waals surface area contributed by atoms with Crippen molar-refractivity contribution in [2.75, 3.05) is 17.4 Å². The van der Waals surface area contributed by atoms with Gasteiger partial charge in [0.05, 0.1) is 17.1 Å². The average molecular weight is 613 g/mol. The second-order valence-electron chi connectivity index (χ2n) is 9.31. The molecular weight excluding hydrogens is 585 g/mol. The van der Waals surface area contributed by atoms with Crippen LogP contribution in [0.3, 0.4) is 0 Å². The van der Waals surface area contributed by atoms with E-state index in [2.05, 4.69) is 25.1 Å². The Morgan fingerprint density at radius 2 is 1.81 bits per heavy atom. The number of aliphatic hydroxyl groups is 1. The fraction of sp³-hybridized carbons (Fsp3) is 0.241. The first-order valence-electron chi connectivity index (χ1n) is 13.2. The highest BCUT2D eigenvalue weighted by Gasteiger charge is 2.33. The summed E-state index contributed by atoms with van der Waals surface area (Å²) >= 11 is 1.27. The van der Waals surface area contributed by atoms with Crippen molar-refractivity contribution in [3.05, 3.63) is 84.2 Å². The van der Waals surface area contributed by atoms with Crippen LogP contribution in [0.5, 0.6) is 11.5 Å². The molecule has 224 valence electrons. The molecule has 14 heteroatoms. The van der Waals surface area contributed by atoms with E-state index in [4.69, 9.17) is 4.74 Å². The third-order valence-corrected chi connectivity index (χ3v) is 7.31. The number of aliphatic imine (C=N–C) groups is 1. The molecule has 0 aliphatic carbocycles. The van der Waals surface area contributed by atoms with E-state index in [1.165, 1.54) is 47.0 Å². The van der Waals surface area contributed by atoms with Crippen molar-refractivity contribution in [3.63, 3.8) is 0 Å². The van der Waals surface area contributed by atoms with Crippen LogP contribution >= 0.6 is 11.8 Å². The predicted molar refractivity (Wildman–Crippen MR) is 156 cm³/mol. The van der Waals surface area contributed by atoms with Gasteiger partial charge >= 0.3 is 6.36 Å². The van der Waals surface area contributed by atoms with E-state index in [-0.39, 0.29) is 24.1 Å². The molecule has 1 aliphatic rings. The number of rotatable bonds is 10. The minimum atomic E-state index is -4.76. The van der Waals surface area contributed by atoms with Gasteiger partial charge in [0.15, 0.2) is 11.0 Å². The standard InChI is InChI=1S/C29H27F3N6O4S/c1-3-19-6-4-5-18(2)25(19)38-24(39)15-43-28(38)35-27(40)34-17-41-22-11-7-20(8-12-22)26-33-16-37(36-26)21-9-13-23(14-10-21)42-29(30,31)32/h4-14,16,27,34,40H,3,15,17H2,1-2H3. The molecule has 1 saturated heterocycles. The maximum Gasteiger partial charge on any atom is 0.573 e. The van der Waals surface area contributed by atoms with E-state index in [1.54, 1.807) is 29.2 Å². The number of thioether (sulfide) groups is 1. The summed E-state index contributed by atoms with van der Waals surface area (Å²) in [6.07, 6.45) is -3.86. The van der Waals surface area contributed by atoms with E-state index in [0.29, 0.717) is 28.0 Å². The number of aliphatic hydroxyl groups excluding tert-OH is 1. The number of amides is 1. The minimum Gasteiger partial charge on any atom is -0.478 e. The zero-order valence-electron chi connectivity index (χ0n) is 23.1. The smallest absolute Gasteiger partial charge is 0.478 e. The lowest BCUT2D eigenvalue weighted by Gasteiger charge is -2.22. The summed E-state index contributed by atoms with van der Waals surface area (Å²) in [4.78, 5) is 22.8. The van der Waals surface area contributed by atoms with E-state index in [9.17, 15) is 23.1 Å². The molecule has 1 atom stereocenters. The summed E-state index contributed by atoms with van der Waals surface area (Å²) in [7, 11) is 0. The topological polar surface area (TPSA) is 114 Å². The van der Waals surface area contributed by atoms with Gasteiger partial charge in [-0.15, -0.1) is 18.3 Å². The number of ether oxygens (including phenoxy) is 2. The van der Waals surface area contributed by atoms with Crippen LogP contribution in [0.2, 0.25) is 0 Å². The number of carbonyl (C=O) groups is 1. The van der Waals surface area contributed by atoms with Gasteiger partial charge in [0.25, 0.3) is 0 Å². The summed E-state index contributed by atoms with van der Waals surface area (Å²) in [6.45, 7) is 3.91. The maximum atomic E-state index is 12.7. The van der Waals surface area contributed by atoms with Crippen LogP contribution in [-0.4, -0.2) is 56.1 Å². The lowest BCUT2D eigenvalue weighted by atomic mass is 10.0. The monoisotopic (exact) mass is 612 g/mol. The van der Waals surface area contributed by atoms with E-state index in [1.807, 2.05) is 32.0 Å². The number of alkyl halides is 3. The van der Waals surface area contributed by atoms with Gasteiger partial charge in [-0.25, -0.2) is 20.0 Å². The first-order chi connectivity index (χ1) is 20.6. The molecule has 2 N–H and O–H groups in total. The van der Waals surface area contributed by atoms with Crippen LogP contribution in [0.1, 0.15) is 18.1 Å². The molecule has 1 unspecified atom stereocenters. The summed E-state index contributed by atoms with van der Waals surface area (Å²) < 4.78 is 48.1. The number of aryl methyl sites for hydroxylation is 2. The summed E-state index contributed by atoms with van der Waals surface area (Å²) in [6, 6.07) is 18.0. The number of anilines is 1. The number of nitrogens with zero attached hydrogens (tertiary/aromatic N) is 5. The molecule has 0 radical (unpaired) electrons. The van der Waals surface area contributed by atoms with Crippen molar-refractivity contribution in [1.29, 1.82) is 0 Å². The van der Waals surface area contributed by atoms with Gasteiger partial charge in [-0.1, -0.05) is 36.9 Å². The number of aromatic nitrogens is 3. The number of halogens is 3. The number of para-hydroxylation sites is 1. The Labute approximate surface area is 249 Å². The van der Waals surface area contributed by atoms with Crippen LogP contribution in [0.25, 0.3) is 17.1 Å². The first kappa shape index (κ1) is 30.1. The molecule has 43 heavy (non-hydrogen) atoms. The number of carbonyl (C=O) groups excluding carboxylic acids is 1. The Hall–Kier alpha value is -4.40. The fourth-order valence-electron chi connectivity index (χ4n) is 4.37. The van der Waals surface area contributed by atoms with Gasteiger partial charge in [-0.3, -0.25) is 9.69 Å². The zero-order chi connectivity index (χ0) is 30.6. The van der Waals surface area contributed by atoms with Gasteiger partial charge in [-0.2, -0.15) is 0 Å². The van der Waals surface area contributed by atoms with Crippen LogP contribution in [0.15, 0.2) is 78.0 Å². The van der Waals surface area contributed by atoms with Crippen LogP contribution in [0, 0.1) is 6.92 Å². The lowest BCUT2D eigenvalue weighted by molar-refractivity contribution is -0.274. The van der Waals surface area contributed by atoms with Gasteiger partial charge in [-0.05, 0) is 73.0 Å². The lowest BCUT2D eigenvalue weighted by Crippen LogP contribution is -2.35. The Balaban J connectivity index is 1.17. The number of benzene rings is 3. The van der Waals surface area contributed by atoms with E-state index < -0.39 is 12.7 Å². The van der Waals surface area contributed by atoms with Gasteiger partial charge in [0.2, 0.25) is 12.3 Å². The Morgan fingerprint density at radius 3 is 2.51 bits per heavy atom. The molecule has 0 spiro atoms. The zero-order valence-corrected chi connectivity index (χ0v) is 23.9. The second kappa shape index (κ2) is 12.9. The number of nitrogens with one attached hydrogen (secondary N) is 1. The molecule has 1 amide bonds. The largest absolute Gasteiger partial charge is 0.573 e. The maximum absolute atomic E-state index is 12.7. The highest BCUT2D eigenvalue weighted by Crippen LogP contribution is 2.33. The highest BCUT2D eigenvalue weighted by atomic mass is 32.2. The van der Waals surface area contributed by atoms with Crippen LogP contribution in [0.4, 0.5) is 18.9 Å². The van der Waals surface area contributed by atoms with Crippen molar-refractivity contribution in [2.24, 2.45) is 4.99 Å². The van der Waals surface area contributed by atoms with Gasteiger partial charge in [0.1, 0.15) is 24.6 Å². The quantitative estimate of drug-likeness (QED) is 0.240. The van der Waals surface area contributed by atoms with Gasteiger partial charge in [0, 0.05) is 5.56 Å². The minimum absolute atomic E-state index is 0.0542. The summed E-state index contributed by atoms with van der Waals surface area (Å²) in [5.41, 5.74) is 3.97. The summed E-state index contributed by atoms with van der Waals surface area (Å²) in [5, 5.41) is 18.0. The number of hydrogen-bond acceptors (Lipinski definition) is 9. The van der Waals surface area contributed by atoms with E-state index in [0.717, 1.165) is 23.2 Å². The number of hydrogen-bond donors (Lipinski definition) is 2. The van der Waals surface area contributed by atoms with Crippen LogP contribution < -0.4 is 19.7 Å². The Kier molecular flexibility index (Phi) is 8.99. The van der Waals surface area contributed by atoms with E-state index >= 15 is 0 Å². The molecule has 1 aliphatic heterocycles. The first-order valence-corrected chi connectivity index (χ1v) is 14.1. The van der Waals surface area contributed by atoms with Crippen molar-refractivity contribution in [3.8, 4) is 28.6 Å². The molecule has 0 saturated carbocycles. The predicted octanol–water partition coefficient (Wildman–Crippen LogP) is 5.04. The third-order valence-electron chi connectivity index (χ3n) is 6.37. The third kappa shape index (κ3) is 7.34. The molecule has 10 nitrogen and oxygen atoms in total. The molecule has 0 bridgehead atoms. The number of amidine groups is 1. The Morgan fingerprint density at radius 1 is 1.09 bits per heavy atom. The molecule has 5 rings (SSSR count). The highest BCUT2D eigenvalue weighted by molar-refractivity contribution is 8.15. The molecule has 1 fully saturated rings. The van der Waals surface area contributed by atoms with Crippen LogP contribution in [-0.2, 0) is 11.2 Å². The molecule has 2 heterocycles. The average Bonchev–Trinajstić information content (AvgIpc) is 3.60. The molecule has 1 aromatic heterocycles. The van der Waals surface area contributed by atoms with Gasteiger partial charge < -0.3 is 14.6 Å². The molecule has 4 aromatic rings. The molecule has 3 aromatic carbocycles. The Bertz CT molecular complexity index is 1610. The van der Waals surface area contributed by atoms with Crippen molar-refractivity contribution in [1.82, 2.24) is 20.1 Å². The normalized spacial score (nSPS) is 15.3. The van der Waals surface area contributed by atoms with Crippen molar-refractivity contribution < 1.29 is 32.5 Å². The van der Waals surface area contributed by atoms with Crippen molar-refractivity contribution in [2.45, 2.75) is 33.0 Å². The molecular formula is C29H27F3N6O4S. The van der Waals surface area contributed by atoms with Crippen molar-refractivity contribution >= 4 is 28.5 Å². The SMILES string of the molecule is CCc1cccc(C)c1N1C(=O)CSC1=NC(O)NCOc1ccc(-c2ncn(-c3ccc(OC(F)(F)F)cc3)n2)cc1. The second-order valence-corrected chi connectivity index (χ2v) is 10.3. The fourth-order valence-corrected chi connectivity index (χ4v) is 5.25.